The van der Waals surface area contributed by atoms with E-state index in [0.717, 1.165) is 41.6 Å². The lowest BCUT2D eigenvalue weighted by Gasteiger charge is -2.16. The second-order valence-electron chi connectivity index (χ2n) is 4.18. The fraction of sp³-hybridized carbons (Fsp3) is 0.417. The summed E-state index contributed by atoms with van der Waals surface area (Å²) < 4.78 is 5.77. The molecular formula is C12H15N3OS. The van der Waals surface area contributed by atoms with Gasteiger partial charge in [0.15, 0.2) is 5.58 Å². The van der Waals surface area contributed by atoms with Crippen LogP contribution in [0.4, 0.5) is 11.7 Å². The number of hydrogen-bond acceptors (Lipinski definition) is 5. The van der Waals surface area contributed by atoms with Gasteiger partial charge in [0.2, 0.25) is 0 Å². The predicted octanol–water partition coefficient (Wildman–Crippen LogP) is 2.35. The molecule has 1 saturated heterocycles. The summed E-state index contributed by atoms with van der Waals surface area (Å²) in [5.41, 5.74) is 8.12. The van der Waals surface area contributed by atoms with Crippen LogP contribution in [0.2, 0.25) is 0 Å². The first-order valence-electron chi connectivity index (χ1n) is 5.82. The van der Waals surface area contributed by atoms with Crippen LogP contribution in [0.5, 0.6) is 0 Å². The number of rotatable bonds is 1. The molecule has 0 saturated carbocycles. The van der Waals surface area contributed by atoms with Gasteiger partial charge in [-0.25, -0.2) is 0 Å². The van der Waals surface area contributed by atoms with Crippen molar-refractivity contribution in [2.45, 2.75) is 6.42 Å². The zero-order valence-electron chi connectivity index (χ0n) is 9.56. The van der Waals surface area contributed by atoms with E-state index in [0.29, 0.717) is 0 Å². The fourth-order valence-electron chi connectivity index (χ4n) is 2.00. The summed E-state index contributed by atoms with van der Waals surface area (Å²) in [5, 5.41) is 0. The summed E-state index contributed by atoms with van der Waals surface area (Å²) in [5.74, 6) is 2.37. The maximum atomic E-state index is 5.77. The lowest BCUT2D eigenvalue weighted by Crippen LogP contribution is -2.25. The van der Waals surface area contributed by atoms with E-state index in [9.17, 15) is 0 Å². The third kappa shape index (κ3) is 2.20. The Bertz CT molecular complexity index is 517. The summed E-state index contributed by atoms with van der Waals surface area (Å²) in [6.45, 7) is 2.03. The van der Waals surface area contributed by atoms with Crippen LogP contribution in [0.1, 0.15) is 6.42 Å². The molecule has 2 heterocycles. The van der Waals surface area contributed by atoms with Crippen LogP contribution in [0.15, 0.2) is 22.6 Å². The quantitative estimate of drug-likeness (QED) is 0.786. The zero-order valence-corrected chi connectivity index (χ0v) is 10.4. The number of anilines is 2. The third-order valence-electron chi connectivity index (χ3n) is 2.89. The Morgan fingerprint density at radius 3 is 3.18 bits per heavy atom. The Morgan fingerprint density at radius 2 is 2.24 bits per heavy atom. The highest BCUT2D eigenvalue weighted by Gasteiger charge is 2.15. The Kier molecular flexibility index (Phi) is 2.84. The summed E-state index contributed by atoms with van der Waals surface area (Å²) in [7, 11) is 0. The van der Waals surface area contributed by atoms with Crippen molar-refractivity contribution in [2.75, 3.05) is 35.2 Å². The molecule has 0 aliphatic carbocycles. The standard InChI is InChI=1S/C12H15N3OS/c13-9-2-3-11-10(8-9)14-12(16-11)15-4-1-6-17-7-5-15/h2-3,8H,1,4-7,13H2. The van der Waals surface area contributed by atoms with Crippen molar-refractivity contribution in [1.29, 1.82) is 0 Å². The first-order valence-corrected chi connectivity index (χ1v) is 6.97. The van der Waals surface area contributed by atoms with Crippen molar-refractivity contribution in [1.82, 2.24) is 4.98 Å². The summed E-state index contributed by atoms with van der Waals surface area (Å²) in [6.07, 6.45) is 1.19. The molecule has 4 nitrogen and oxygen atoms in total. The maximum absolute atomic E-state index is 5.77. The van der Waals surface area contributed by atoms with E-state index >= 15 is 0 Å². The smallest absolute Gasteiger partial charge is 0.298 e. The summed E-state index contributed by atoms with van der Waals surface area (Å²) in [4.78, 5) is 6.73. The van der Waals surface area contributed by atoms with E-state index < -0.39 is 0 Å². The molecule has 0 unspecified atom stereocenters. The molecule has 0 atom stereocenters. The van der Waals surface area contributed by atoms with Crippen LogP contribution in [0, 0.1) is 0 Å². The van der Waals surface area contributed by atoms with E-state index in [2.05, 4.69) is 9.88 Å². The van der Waals surface area contributed by atoms with Gasteiger partial charge in [-0.2, -0.15) is 16.7 Å². The van der Waals surface area contributed by atoms with Crippen LogP contribution >= 0.6 is 11.8 Å². The molecule has 0 spiro atoms. The van der Waals surface area contributed by atoms with Crippen molar-refractivity contribution in [3.8, 4) is 0 Å². The Labute approximate surface area is 104 Å². The lowest BCUT2D eigenvalue weighted by atomic mass is 10.3. The van der Waals surface area contributed by atoms with Gasteiger partial charge in [0.1, 0.15) is 5.52 Å². The SMILES string of the molecule is Nc1ccc2oc(N3CCCSCC3)nc2c1. The number of nitrogens with two attached hydrogens (primary N) is 1. The number of fused-ring (bicyclic) bond motifs is 1. The molecule has 0 radical (unpaired) electrons. The molecule has 0 amide bonds. The Balaban J connectivity index is 1.93. The van der Waals surface area contributed by atoms with Crippen LogP contribution < -0.4 is 10.6 Å². The number of nitrogen functional groups attached to an aromatic ring is 1. The highest BCUT2D eigenvalue weighted by Crippen LogP contribution is 2.25. The molecule has 1 aromatic carbocycles. The van der Waals surface area contributed by atoms with Gasteiger partial charge in [0.05, 0.1) is 0 Å². The molecular weight excluding hydrogens is 234 g/mol. The van der Waals surface area contributed by atoms with Crippen molar-refractivity contribution in [3.05, 3.63) is 18.2 Å². The maximum Gasteiger partial charge on any atom is 0.298 e. The molecule has 5 heteroatoms. The largest absolute Gasteiger partial charge is 0.423 e. The van der Waals surface area contributed by atoms with Gasteiger partial charge in [-0.3, -0.25) is 0 Å². The lowest BCUT2D eigenvalue weighted by molar-refractivity contribution is 0.572. The fourth-order valence-corrected chi connectivity index (χ4v) is 2.89. The van der Waals surface area contributed by atoms with Crippen molar-refractivity contribution < 1.29 is 4.42 Å². The number of nitrogens with zero attached hydrogens (tertiary/aromatic N) is 2. The number of thioether (sulfide) groups is 1. The number of oxazole rings is 1. The molecule has 2 aromatic rings. The topological polar surface area (TPSA) is 55.3 Å². The minimum atomic E-state index is 0.726. The van der Waals surface area contributed by atoms with Gasteiger partial charge in [-0.05, 0) is 30.4 Å². The van der Waals surface area contributed by atoms with Crippen LogP contribution in [-0.2, 0) is 0 Å². The molecule has 2 N–H and O–H groups in total. The molecule has 1 aliphatic heterocycles. The molecule has 1 aromatic heterocycles. The molecule has 17 heavy (non-hydrogen) atoms. The number of aromatic nitrogens is 1. The Morgan fingerprint density at radius 1 is 1.29 bits per heavy atom. The average Bonchev–Trinajstić information content (AvgIpc) is 2.57. The minimum Gasteiger partial charge on any atom is -0.423 e. The zero-order chi connectivity index (χ0) is 11.7. The second-order valence-corrected chi connectivity index (χ2v) is 5.40. The minimum absolute atomic E-state index is 0.726. The van der Waals surface area contributed by atoms with Crippen LogP contribution in [-0.4, -0.2) is 29.6 Å². The van der Waals surface area contributed by atoms with Crippen LogP contribution in [0.3, 0.4) is 0 Å². The third-order valence-corrected chi connectivity index (χ3v) is 3.94. The average molecular weight is 249 g/mol. The van der Waals surface area contributed by atoms with E-state index in [4.69, 9.17) is 10.2 Å². The van der Waals surface area contributed by atoms with Crippen molar-refractivity contribution in [2.24, 2.45) is 0 Å². The van der Waals surface area contributed by atoms with Crippen LogP contribution in [0.25, 0.3) is 11.1 Å². The van der Waals surface area contributed by atoms with Gasteiger partial charge < -0.3 is 15.1 Å². The van der Waals surface area contributed by atoms with E-state index in [-0.39, 0.29) is 0 Å². The molecule has 0 bridgehead atoms. The van der Waals surface area contributed by atoms with E-state index in [1.807, 2.05) is 30.0 Å². The monoisotopic (exact) mass is 249 g/mol. The molecule has 3 rings (SSSR count). The summed E-state index contributed by atoms with van der Waals surface area (Å²) in [6, 6.07) is 6.31. The highest BCUT2D eigenvalue weighted by molar-refractivity contribution is 7.99. The molecule has 1 fully saturated rings. The second kappa shape index (κ2) is 4.49. The number of hydrogen-bond donors (Lipinski definition) is 1. The first-order chi connectivity index (χ1) is 8.33. The first kappa shape index (κ1) is 10.8. The normalized spacial score (nSPS) is 17.3. The number of benzene rings is 1. The highest BCUT2D eigenvalue weighted by atomic mass is 32.2. The van der Waals surface area contributed by atoms with E-state index in [1.54, 1.807) is 0 Å². The van der Waals surface area contributed by atoms with E-state index in [1.165, 1.54) is 12.2 Å². The van der Waals surface area contributed by atoms with Gasteiger partial charge in [-0.15, -0.1) is 0 Å². The van der Waals surface area contributed by atoms with Gasteiger partial charge in [-0.1, -0.05) is 0 Å². The van der Waals surface area contributed by atoms with Crippen molar-refractivity contribution in [3.63, 3.8) is 0 Å². The van der Waals surface area contributed by atoms with Gasteiger partial charge in [0, 0.05) is 24.5 Å². The van der Waals surface area contributed by atoms with Crippen molar-refractivity contribution >= 4 is 34.6 Å². The molecule has 1 aliphatic rings. The van der Waals surface area contributed by atoms with Gasteiger partial charge >= 0.3 is 0 Å². The summed E-state index contributed by atoms with van der Waals surface area (Å²) >= 11 is 1.99. The molecule has 90 valence electrons. The Hall–Kier alpha value is -1.36. The van der Waals surface area contributed by atoms with Gasteiger partial charge in [0.25, 0.3) is 6.01 Å². The predicted molar refractivity (Wildman–Crippen MR) is 72.6 cm³/mol.